The average Bonchev–Trinajstić information content (AvgIpc) is 2.68. The average molecular weight is 389 g/mol. The first kappa shape index (κ1) is 14.7. The van der Waals surface area contributed by atoms with E-state index in [1.165, 1.54) is 0 Å². The van der Waals surface area contributed by atoms with Crippen molar-refractivity contribution in [3.63, 3.8) is 0 Å². The summed E-state index contributed by atoms with van der Waals surface area (Å²) in [6.07, 6.45) is 1.79. The number of aromatic nitrogens is 2. The molecule has 102 valence electrons. The number of hydrogen-bond acceptors (Lipinski definition) is 4. The largest absolute Gasteiger partial charge is 0.361 e. The SMILES string of the molecule is Cc1noc(C)c1C(C)NCc1ncc(Br)cc1Br. The molecule has 0 aromatic carbocycles. The Kier molecular flexibility index (Phi) is 4.76. The van der Waals surface area contributed by atoms with E-state index >= 15 is 0 Å². The third-order valence-corrected chi connectivity index (χ3v) is 4.10. The van der Waals surface area contributed by atoms with Gasteiger partial charge in [-0.3, -0.25) is 4.98 Å². The molecule has 6 heteroatoms. The summed E-state index contributed by atoms with van der Waals surface area (Å²) in [5.41, 5.74) is 3.02. The Balaban J connectivity index is 2.06. The quantitative estimate of drug-likeness (QED) is 0.857. The summed E-state index contributed by atoms with van der Waals surface area (Å²) in [4.78, 5) is 4.38. The third-order valence-electron chi connectivity index (χ3n) is 2.98. The van der Waals surface area contributed by atoms with E-state index in [9.17, 15) is 0 Å². The van der Waals surface area contributed by atoms with Gasteiger partial charge in [0, 0.05) is 33.3 Å². The van der Waals surface area contributed by atoms with Crippen LogP contribution in [0, 0.1) is 13.8 Å². The normalized spacial score (nSPS) is 12.7. The predicted octanol–water partition coefficient (Wildman–Crippen LogP) is 4.06. The van der Waals surface area contributed by atoms with Gasteiger partial charge < -0.3 is 9.84 Å². The van der Waals surface area contributed by atoms with Crippen molar-refractivity contribution in [3.8, 4) is 0 Å². The van der Waals surface area contributed by atoms with E-state index in [0.29, 0.717) is 6.54 Å². The highest BCUT2D eigenvalue weighted by Gasteiger charge is 2.16. The standard InChI is InChI=1S/C13H15Br2N3O/c1-7(13-8(2)18-19-9(13)3)16-6-12-11(15)4-10(14)5-17-12/h4-5,7,16H,6H2,1-3H3. The van der Waals surface area contributed by atoms with Crippen molar-refractivity contribution < 1.29 is 4.52 Å². The Morgan fingerprint density at radius 3 is 2.68 bits per heavy atom. The fourth-order valence-electron chi connectivity index (χ4n) is 2.03. The topological polar surface area (TPSA) is 51.0 Å². The Morgan fingerprint density at radius 2 is 2.11 bits per heavy atom. The van der Waals surface area contributed by atoms with Gasteiger partial charge in [0.05, 0.1) is 11.4 Å². The molecule has 1 N–H and O–H groups in total. The molecule has 2 aromatic heterocycles. The van der Waals surface area contributed by atoms with E-state index in [0.717, 1.165) is 31.7 Å². The highest BCUT2D eigenvalue weighted by atomic mass is 79.9. The molecule has 0 spiro atoms. The van der Waals surface area contributed by atoms with Crippen LogP contribution in [0.4, 0.5) is 0 Å². The smallest absolute Gasteiger partial charge is 0.138 e. The van der Waals surface area contributed by atoms with Crippen molar-refractivity contribution >= 4 is 31.9 Å². The minimum atomic E-state index is 0.170. The molecule has 0 bridgehead atoms. The van der Waals surface area contributed by atoms with Crippen LogP contribution in [-0.4, -0.2) is 10.1 Å². The monoisotopic (exact) mass is 387 g/mol. The van der Waals surface area contributed by atoms with Crippen LogP contribution in [0.2, 0.25) is 0 Å². The molecule has 2 rings (SSSR count). The van der Waals surface area contributed by atoms with Gasteiger partial charge in [-0.2, -0.15) is 0 Å². The van der Waals surface area contributed by atoms with Gasteiger partial charge in [0.15, 0.2) is 0 Å². The van der Waals surface area contributed by atoms with Crippen molar-refractivity contribution in [2.24, 2.45) is 0 Å². The second-order valence-electron chi connectivity index (χ2n) is 4.42. The maximum atomic E-state index is 5.19. The third kappa shape index (κ3) is 3.43. The number of aryl methyl sites for hydroxylation is 2. The summed E-state index contributed by atoms with van der Waals surface area (Å²) in [5.74, 6) is 0.861. The number of nitrogens with zero attached hydrogens (tertiary/aromatic N) is 2. The molecule has 4 nitrogen and oxygen atoms in total. The lowest BCUT2D eigenvalue weighted by atomic mass is 10.1. The lowest BCUT2D eigenvalue weighted by Crippen LogP contribution is -2.20. The molecular formula is C13H15Br2N3O. The van der Waals surface area contributed by atoms with E-state index < -0.39 is 0 Å². The Morgan fingerprint density at radius 1 is 1.37 bits per heavy atom. The first-order valence-corrected chi connectivity index (χ1v) is 7.53. The molecule has 1 atom stereocenters. The maximum absolute atomic E-state index is 5.19. The molecule has 19 heavy (non-hydrogen) atoms. The molecule has 1 unspecified atom stereocenters. The summed E-state index contributed by atoms with van der Waals surface area (Å²) >= 11 is 6.90. The van der Waals surface area contributed by atoms with E-state index in [1.807, 2.05) is 19.9 Å². The fraction of sp³-hybridized carbons (Fsp3) is 0.385. The molecule has 0 saturated heterocycles. The molecule has 0 amide bonds. The van der Waals surface area contributed by atoms with Gasteiger partial charge in [-0.25, -0.2) is 0 Å². The Bertz CT molecular complexity index is 564. The maximum Gasteiger partial charge on any atom is 0.138 e. The zero-order valence-corrected chi connectivity index (χ0v) is 14.2. The van der Waals surface area contributed by atoms with Gasteiger partial charge in [-0.15, -0.1) is 0 Å². The van der Waals surface area contributed by atoms with Crippen LogP contribution in [0.15, 0.2) is 25.7 Å². The summed E-state index contributed by atoms with van der Waals surface area (Å²) in [5, 5.41) is 7.41. The van der Waals surface area contributed by atoms with Crippen LogP contribution >= 0.6 is 31.9 Å². The van der Waals surface area contributed by atoms with Gasteiger partial charge in [0.25, 0.3) is 0 Å². The van der Waals surface area contributed by atoms with E-state index in [-0.39, 0.29) is 6.04 Å². The van der Waals surface area contributed by atoms with Crippen molar-refractivity contribution in [2.45, 2.75) is 33.4 Å². The molecule has 2 heterocycles. The fourth-order valence-corrected chi connectivity index (χ4v) is 3.16. The van der Waals surface area contributed by atoms with Crippen molar-refractivity contribution in [2.75, 3.05) is 0 Å². The number of rotatable bonds is 4. The predicted molar refractivity (Wildman–Crippen MR) is 80.9 cm³/mol. The van der Waals surface area contributed by atoms with Crippen molar-refractivity contribution in [3.05, 3.63) is 43.9 Å². The second-order valence-corrected chi connectivity index (χ2v) is 6.19. The van der Waals surface area contributed by atoms with Crippen LogP contribution in [0.1, 0.15) is 35.7 Å². The van der Waals surface area contributed by atoms with Crippen LogP contribution in [0.5, 0.6) is 0 Å². The molecule has 0 aliphatic heterocycles. The van der Waals surface area contributed by atoms with Crippen LogP contribution in [0.25, 0.3) is 0 Å². The summed E-state index contributed by atoms with van der Waals surface area (Å²) < 4.78 is 7.13. The summed E-state index contributed by atoms with van der Waals surface area (Å²) in [7, 11) is 0. The molecule has 0 radical (unpaired) electrons. The molecular weight excluding hydrogens is 374 g/mol. The van der Waals surface area contributed by atoms with Gasteiger partial charge in [-0.05, 0) is 58.7 Å². The van der Waals surface area contributed by atoms with Gasteiger partial charge in [-0.1, -0.05) is 5.16 Å². The highest BCUT2D eigenvalue weighted by Crippen LogP contribution is 2.23. The van der Waals surface area contributed by atoms with Gasteiger partial charge in [0.1, 0.15) is 5.76 Å². The summed E-state index contributed by atoms with van der Waals surface area (Å²) in [6, 6.07) is 2.16. The van der Waals surface area contributed by atoms with Crippen LogP contribution in [-0.2, 0) is 6.54 Å². The highest BCUT2D eigenvalue weighted by molar-refractivity contribution is 9.11. The Labute approximate surface area is 129 Å². The van der Waals surface area contributed by atoms with Crippen LogP contribution in [0.3, 0.4) is 0 Å². The van der Waals surface area contributed by atoms with E-state index in [1.54, 1.807) is 6.20 Å². The molecule has 0 fully saturated rings. The molecule has 0 aliphatic rings. The zero-order chi connectivity index (χ0) is 14.0. The number of nitrogens with one attached hydrogen (secondary N) is 1. The minimum absolute atomic E-state index is 0.170. The lowest BCUT2D eigenvalue weighted by molar-refractivity contribution is 0.390. The number of halogens is 2. The summed E-state index contributed by atoms with van der Waals surface area (Å²) in [6.45, 7) is 6.66. The van der Waals surface area contributed by atoms with Gasteiger partial charge in [0.2, 0.25) is 0 Å². The van der Waals surface area contributed by atoms with Crippen molar-refractivity contribution in [1.82, 2.24) is 15.5 Å². The Hall–Kier alpha value is -0.720. The van der Waals surface area contributed by atoms with Gasteiger partial charge >= 0.3 is 0 Å². The van der Waals surface area contributed by atoms with Crippen molar-refractivity contribution in [1.29, 1.82) is 0 Å². The molecule has 0 saturated carbocycles. The molecule has 0 aliphatic carbocycles. The second kappa shape index (κ2) is 6.15. The number of hydrogen-bond donors (Lipinski definition) is 1. The lowest BCUT2D eigenvalue weighted by Gasteiger charge is -2.14. The molecule has 2 aromatic rings. The minimum Gasteiger partial charge on any atom is -0.361 e. The number of pyridine rings is 1. The van der Waals surface area contributed by atoms with E-state index in [2.05, 4.69) is 54.2 Å². The van der Waals surface area contributed by atoms with Crippen LogP contribution < -0.4 is 5.32 Å². The van der Waals surface area contributed by atoms with E-state index in [4.69, 9.17) is 4.52 Å². The first-order valence-electron chi connectivity index (χ1n) is 5.95. The first-order chi connectivity index (χ1) is 8.99. The zero-order valence-electron chi connectivity index (χ0n) is 11.0.